The Morgan fingerprint density at radius 2 is 2.15 bits per heavy atom. The van der Waals surface area contributed by atoms with E-state index in [9.17, 15) is 0 Å². The molecule has 0 aromatic carbocycles. The molecule has 0 fully saturated rings. The number of thioether (sulfide) groups is 1. The first-order valence-corrected chi connectivity index (χ1v) is 4.93. The van der Waals surface area contributed by atoms with Crippen LogP contribution in [0.25, 0.3) is 0 Å². The third kappa shape index (κ3) is 9.43. The number of hydrogen-bond donors (Lipinski definition) is 0. The van der Waals surface area contributed by atoms with Crippen LogP contribution in [-0.2, 0) is 21.7 Å². The zero-order valence-electron chi connectivity index (χ0n) is 7.71. The molecule has 0 saturated heterocycles. The standard InChI is InChI=1S/C9H13S.2ClH.Ti/c1-2-7-10-8-9-5-3-4-6-9;;;/h3,5H,2,4,7-8H2,1H3;2*1H;/q-1;;;. The second kappa shape index (κ2) is 13.1. The molecule has 4 heteroatoms. The van der Waals surface area contributed by atoms with E-state index in [-0.39, 0.29) is 46.5 Å². The average Bonchev–Trinajstić information content (AvgIpc) is 2.41. The molecule has 0 amide bonds. The van der Waals surface area contributed by atoms with Crippen LogP contribution in [0.1, 0.15) is 19.8 Å². The first-order valence-electron chi connectivity index (χ1n) is 3.77. The molecule has 0 unspecified atom stereocenters. The molecule has 0 radical (unpaired) electrons. The van der Waals surface area contributed by atoms with Gasteiger partial charge in [0.05, 0.1) is 0 Å². The molecule has 0 nitrogen and oxygen atoms in total. The second-order valence-corrected chi connectivity index (χ2v) is 3.47. The second-order valence-electron chi connectivity index (χ2n) is 2.36. The molecule has 0 heterocycles. The summed E-state index contributed by atoms with van der Waals surface area (Å²) < 4.78 is 0. The summed E-state index contributed by atoms with van der Waals surface area (Å²) in [5, 5.41) is 0. The minimum Gasteiger partial charge on any atom is -0.269 e. The molecule has 1 rings (SSSR count). The van der Waals surface area contributed by atoms with Crippen LogP contribution in [0.3, 0.4) is 0 Å². The van der Waals surface area contributed by atoms with Gasteiger partial charge in [0.2, 0.25) is 0 Å². The molecule has 1 aliphatic rings. The molecule has 0 atom stereocenters. The minimum absolute atomic E-state index is 0. The molecular formula is C9H15Cl2STi-. The van der Waals surface area contributed by atoms with Gasteiger partial charge in [0.25, 0.3) is 0 Å². The summed E-state index contributed by atoms with van der Waals surface area (Å²) in [5.74, 6) is 2.43. The fraction of sp³-hybridized carbons (Fsp3) is 0.556. The predicted molar refractivity (Wildman–Crippen MR) is 62.6 cm³/mol. The van der Waals surface area contributed by atoms with Crippen molar-refractivity contribution in [3.05, 3.63) is 23.8 Å². The summed E-state index contributed by atoms with van der Waals surface area (Å²) in [6, 6.07) is 0. The summed E-state index contributed by atoms with van der Waals surface area (Å²) in [7, 11) is 0. The molecule has 0 aromatic heterocycles. The van der Waals surface area contributed by atoms with Gasteiger partial charge in [-0.1, -0.05) is 6.92 Å². The third-order valence-corrected chi connectivity index (χ3v) is 2.58. The Balaban J connectivity index is -0.000000333. The topological polar surface area (TPSA) is 0 Å². The van der Waals surface area contributed by atoms with Crippen LogP contribution in [0.15, 0.2) is 17.7 Å². The van der Waals surface area contributed by atoms with E-state index in [0.29, 0.717) is 0 Å². The van der Waals surface area contributed by atoms with Gasteiger partial charge in [-0.2, -0.15) is 17.8 Å². The van der Waals surface area contributed by atoms with Crippen LogP contribution in [0.5, 0.6) is 0 Å². The largest absolute Gasteiger partial charge is 0.269 e. The number of allylic oxidation sites excluding steroid dienone is 3. The van der Waals surface area contributed by atoms with Gasteiger partial charge in [-0.25, -0.2) is 11.6 Å². The molecule has 0 spiro atoms. The van der Waals surface area contributed by atoms with Gasteiger partial charge in [-0.15, -0.1) is 31.2 Å². The summed E-state index contributed by atoms with van der Waals surface area (Å²) in [4.78, 5) is 0. The van der Waals surface area contributed by atoms with Crippen LogP contribution in [0.4, 0.5) is 0 Å². The third-order valence-electron chi connectivity index (χ3n) is 1.37. The Hall–Kier alpha value is 1.12. The van der Waals surface area contributed by atoms with E-state index < -0.39 is 0 Å². The van der Waals surface area contributed by atoms with Gasteiger partial charge in [-0.3, -0.25) is 6.08 Å². The van der Waals surface area contributed by atoms with E-state index in [1.807, 2.05) is 11.8 Å². The predicted octanol–water partition coefficient (Wildman–Crippen LogP) is 3.66. The summed E-state index contributed by atoms with van der Waals surface area (Å²) in [6.07, 6.45) is 9.96. The van der Waals surface area contributed by atoms with E-state index in [2.05, 4.69) is 25.2 Å². The molecular weight excluding hydrogens is 259 g/mol. The maximum absolute atomic E-state index is 3.30. The maximum atomic E-state index is 3.30. The smallest absolute Gasteiger partial charge is 0 e. The van der Waals surface area contributed by atoms with Crippen LogP contribution >= 0.6 is 36.6 Å². The van der Waals surface area contributed by atoms with Crippen LogP contribution in [0.2, 0.25) is 0 Å². The van der Waals surface area contributed by atoms with Crippen molar-refractivity contribution in [2.75, 3.05) is 11.5 Å². The maximum Gasteiger partial charge on any atom is 0 e. The van der Waals surface area contributed by atoms with E-state index in [1.54, 1.807) is 0 Å². The van der Waals surface area contributed by atoms with Crippen molar-refractivity contribution in [3.63, 3.8) is 0 Å². The van der Waals surface area contributed by atoms with Crippen molar-refractivity contribution in [1.29, 1.82) is 0 Å². The first kappa shape index (κ1) is 19.7. The Morgan fingerprint density at radius 1 is 1.46 bits per heavy atom. The zero-order chi connectivity index (χ0) is 7.23. The van der Waals surface area contributed by atoms with Gasteiger partial charge in [0.1, 0.15) is 0 Å². The van der Waals surface area contributed by atoms with E-state index in [1.165, 1.54) is 17.7 Å². The molecule has 13 heavy (non-hydrogen) atoms. The van der Waals surface area contributed by atoms with Crippen molar-refractivity contribution in [2.24, 2.45) is 0 Å². The van der Waals surface area contributed by atoms with Gasteiger partial charge in [0, 0.05) is 21.7 Å². The Morgan fingerprint density at radius 3 is 2.62 bits per heavy atom. The van der Waals surface area contributed by atoms with Crippen molar-refractivity contribution in [3.8, 4) is 0 Å². The Bertz CT molecular complexity index is 158. The quantitative estimate of drug-likeness (QED) is 0.428. The molecule has 0 N–H and O–H groups in total. The number of hydrogen-bond acceptors (Lipinski definition) is 1. The normalized spacial score (nSPS) is 12.2. The summed E-state index contributed by atoms with van der Waals surface area (Å²) >= 11 is 2.00. The van der Waals surface area contributed by atoms with Crippen molar-refractivity contribution in [1.82, 2.24) is 0 Å². The minimum atomic E-state index is 0. The average molecular weight is 274 g/mol. The zero-order valence-corrected chi connectivity index (χ0v) is 11.7. The summed E-state index contributed by atoms with van der Waals surface area (Å²) in [5.41, 5.74) is 1.39. The number of rotatable bonds is 4. The van der Waals surface area contributed by atoms with Gasteiger partial charge < -0.3 is 0 Å². The molecule has 0 aromatic rings. The van der Waals surface area contributed by atoms with Gasteiger partial charge in [0.15, 0.2) is 0 Å². The van der Waals surface area contributed by atoms with Gasteiger partial charge in [-0.05, 0) is 17.9 Å². The summed E-state index contributed by atoms with van der Waals surface area (Å²) in [6.45, 7) is 2.22. The van der Waals surface area contributed by atoms with Crippen molar-refractivity contribution < 1.29 is 21.7 Å². The molecule has 0 bridgehead atoms. The Kier molecular flexibility index (Phi) is 19.8. The number of halogens is 2. The molecule has 76 valence electrons. The molecule has 1 aliphatic carbocycles. The van der Waals surface area contributed by atoms with Crippen LogP contribution in [-0.4, -0.2) is 11.5 Å². The van der Waals surface area contributed by atoms with E-state index >= 15 is 0 Å². The fourth-order valence-electron chi connectivity index (χ4n) is 0.876. The Labute approximate surface area is 113 Å². The van der Waals surface area contributed by atoms with E-state index in [0.717, 1.165) is 12.2 Å². The monoisotopic (exact) mass is 273 g/mol. The SMILES string of the molecule is CCCSCC1=[C-]CC=C1.Cl.Cl.[Ti]. The van der Waals surface area contributed by atoms with Gasteiger partial charge >= 0.3 is 0 Å². The van der Waals surface area contributed by atoms with Crippen molar-refractivity contribution >= 4 is 36.6 Å². The van der Waals surface area contributed by atoms with Crippen molar-refractivity contribution in [2.45, 2.75) is 19.8 Å². The van der Waals surface area contributed by atoms with Crippen LogP contribution < -0.4 is 0 Å². The fourth-order valence-corrected chi connectivity index (χ4v) is 1.73. The first-order chi connectivity index (χ1) is 4.93. The van der Waals surface area contributed by atoms with Crippen LogP contribution in [0, 0.1) is 6.08 Å². The molecule has 0 aliphatic heterocycles. The van der Waals surface area contributed by atoms with E-state index in [4.69, 9.17) is 0 Å². The molecule has 0 saturated carbocycles.